The van der Waals surface area contributed by atoms with E-state index in [2.05, 4.69) is 45.3 Å². The predicted octanol–water partition coefficient (Wildman–Crippen LogP) is 3.19. The van der Waals surface area contributed by atoms with Gasteiger partial charge in [-0.3, -0.25) is 9.58 Å². The quantitative estimate of drug-likeness (QED) is 0.874. The Morgan fingerprint density at radius 1 is 1.38 bits per heavy atom. The molecule has 1 saturated carbocycles. The Bertz CT molecular complexity index is 670. The minimum atomic E-state index is 0.579. The molecule has 1 N–H and O–H groups in total. The molecule has 5 heteroatoms. The first kappa shape index (κ1) is 16.3. The number of nitrogens with zero attached hydrogens (tertiary/aromatic N) is 3. The first-order chi connectivity index (χ1) is 11.7. The monoisotopic (exact) mass is 344 g/mol. The van der Waals surface area contributed by atoms with E-state index in [0.717, 1.165) is 25.6 Å². The van der Waals surface area contributed by atoms with Gasteiger partial charge in [-0.2, -0.15) is 16.4 Å². The number of aryl methyl sites for hydroxylation is 2. The predicted molar refractivity (Wildman–Crippen MR) is 99.1 cm³/mol. The van der Waals surface area contributed by atoms with Gasteiger partial charge in [-0.1, -0.05) is 6.92 Å². The Morgan fingerprint density at radius 2 is 2.21 bits per heavy atom. The first-order valence-electron chi connectivity index (χ1n) is 9.17. The van der Waals surface area contributed by atoms with Crippen molar-refractivity contribution in [3.05, 3.63) is 39.8 Å². The molecule has 0 amide bonds. The average molecular weight is 345 g/mol. The molecule has 4 nitrogen and oxygen atoms in total. The molecule has 24 heavy (non-hydrogen) atoms. The van der Waals surface area contributed by atoms with E-state index in [9.17, 15) is 0 Å². The third kappa shape index (κ3) is 3.17. The summed E-state index contributed by atoms with van der Waals surface area (Å²) in [5.74, 6) is 0. The van der Waals surface area contributed by atoms with Crippen LogP contribution < -0.4 is 5.32 Å². The van der Waals surface area contributed by atoms with Crippen molar-refractivity contribution in [3.8, 4) is 0 Å². The maximum Gasteiger partial charge on any atom is 0.0666 e. The summed E-state index contributed by atoms with van der Waals surface area (Å²) in [6.07, 6.45) is 7.29. The Kier molecular flexibility index (Phi) is 4.50. The van der Waals surface area contributed by atoms with Gasteiger partial charge in [0.15, 0.2) is 0 Å². The zero-order valence-corrected chi connectivity index (χ0v) is 15.6. The van der Waals surface area contributed by atoms with Crippen molar-refractivity contribution < 1.29 is 0 Å². The summed E-state index contributed by atoms with van der Waals surface area (Å²) >= 11 is 1.81. The molecule has 3 heterocycles. The summed E-state index contributed by atoms with van der Waals surface area (Å²) in [5.41, 5.74) is 4.70. The standard InChI is InChI=1S/C19H28N4S/c1-3-17-16(12-22(2)21-17)13-23(11-15-4-9-24-14-15)18-10-19(18)5-7-20-8-6-19/h4,9,12,14,18,20H,3,5-8,10-11,13H2,1-2H3. The van der Waals surface area contributed by atoms with Gasteiger partial charge in [0.1, 0.15) is 0 Å². The van der Waals surface area contributed by atoms with E-state index in [1.54, 1.807) is 11.3 Å². The van der Waals surface area contributed by atoms with Crippen molar-refractivity contribution in [2.45, 2.75) is 51.7 Å². The molecule has 2 aromatic rings. The van der Waals surface area contributed by atoms with Gasteiger partial charge in [-0.05, 0) is 66.6 Å². The van der Waals surface area contributed by atoms with Crippen LogP contribution in [0.4, 0.5) is 0 Å². The highest BCUT2D eigenvalue weighted by molar-refractivity contribution is 7.07. The molecule has 2 aliphatic rings. The molecule has 1 unspecified atom stereocenters. The van der Waals surface area contributed by atoms with Crippen LogP contribution in [0.5, 0.6) is 0 Å². The molecule has 1 aliphatic heterocycles. The van der Waals surface area contributed by atoms with Crippen molar-refractivity contribution in [1.29, 1.82) is 0 Å². The van der Waals surface area contributed by atoms with Crippen molar-refractivity contribution in [3.63, 3.8) is 0 Å². The van der Waals surface area contributed by atoms with Crippen molar-refractivity contribution in [2.24, 2.45) is 12.5 Å². The highest BCUT2D eigenvalue weighted by Gasteiger charge is 2.56. The fourth-order valence-corrected chi connectivity index (χ4v) is 5.09. The van der Waals surface area contributed by atoms with Crippen molar-refractivity contribution in [1.82, 2.24) is 20.0 Å². The van der Waals surface area contributed by atoms with E-state index in [-0.39, 0.29) is 0 Å². The lowest BCUT2D eigenvalue weighted by atomic mass is 9.93. The topological polar surface area (TPSA) is 33.1 Å². The molecule has 0 bridgehead atoms. The highest BCUT2D eigenvalue weighted by atomic mass is 32.1. The molecular formula is C19H28N4S. The number of rotatable bonds is 6. The van der Waals surface area contributed by atoms with E-state index < -0.39 is 0 Å². The lowest BCUT2D eigenvalue weighted by Crippen LogP contribution is -2.35. The van der Waals surface area contributed by atoms with Crippen LogP contribution in [-0.4, -0.2) is 33.8 Å². The molecule has 130 valence electrons. The molecule has 0 radical (unpaired) electrons. The van der Waals surface area contributed by atoms with Gasteiger partial charge in [-0.15, -0.1) is 0 Å². The largest absolute Gasteiger partial charge is 0.317 e. The van der Waals surface area contributed by atoms with E-state index in [4.69, 9.17) is 0 Å². The second-order valence-corrected chi connectivity index (χ2v) is 8.28. The first-order valence-corrected chi connectivity index (χ1v) is 10.1. The molecular weight excluding hydrogens is 316 g/mol. The fraction of sp³-hybridized carbons (Fsp3) is 0.632. The Labute approximate surface area is 148 Å². The molecule has 2 aromatic heterocycles. The van der Waals surface area contributed by atoms with E-state index in [1.165, 1.54) is 49.2 Å². The maximum atomic E-state index is 4.65. The van der Waals surface area contributed by atoms with Crippen LogP contribution in [0, 0.1) is 5.41 Å². The number of hydrogen-bond acceptors (Lipinski definition) is 4. The molecule has 1 atom stereocenters. The van der Waals surface area contributed by atoms with Crippen LogP contribution in [0.25, 0.3) is 0 Å². The second-order valence-electron chi connectivity index (χ2n) is 7.50. The summed E-state index contributed by atoms with van der Waals surface area (Å²) in [6, 6.07) is 3.02. The van der Waals surface area contributed by atoms with Crippen LogP contribution >= 0.6 is 11.3 Å². The number of thiophene rings is 1. The van der Waals surface area contributed by atoms with Crippen molar-refractivity contribution in [2.75, 3.05) is 13.1 Å². The fourth-order valence-electron chi connectivity index (χ4n) is 4.43. The lowest BCUT2D eigenvalue weighted by Gasteiger charge is -2.29. The maximum absolute atomic E-state index is 4.65. The van der Waals surface area contributed by atoms with Gasteiger partial charge in [0.05, 0.1) is 5.69 Å². The Morgan fingerprint density at radius 3 is 2.92 bits per heavy atom. The van der Waals surface area contributed by atoms with Crippen LogP contribution in [0.3, 0.4) is 0 Å². The molecule has 1 saturated heterocycles. The summed E-state index contributed by atoms with van der Waals surface area (Å²) in [7, 11) is 2.04. The molecule has 0 aromatic carbocycles. The van der Waals surface area contributed by atoms with E-state index >= 15 is 0 Å². The van der Waals surface area contributed by atoms with Gasteiger partial charge in [0.2, 0.25) is 0 Å². The molecule has 4 rings (SSSR count). The summed E-state index contributed by atoms with van der Waals surface area (Å²) in [4.78, 5) is 2.73. The highest BCUT2D eigenvalue weighted by Crippen LogP contribution is 2.56. The molecule has 2 fully saturated rings. The van der Waals surface area contributed by atoms with E-state index in [1.807, 2.05) is 11.7 Å². The minimum absolute atomic E-state index is 0.579. The van der Waals surface area contributed by atoms with Gasteiger partial charge in [0.25, 0.3) is 0 Å². The SMILES string of the molecule is CCc1nn(C)cc1CN(Cc1ccsc1)C1CC12CCNCC2. The third-order valence-corrected chi connectivity index (χ3v) is 6.58. The normalized spacial score (nSPS) is 22.4. The van der Waals surface area contributed by atoms with Crippen LogP contribution in [-0.2, 0) is 26.6 Å². The average Bonchev–Trinajstić information content (AvgIpc) is 2.93. The Balaban J connectivity index is 1.54. The number of nitrogens with one attached hydrogen (secondary N) is 1. The van der Waals surface area contributed by atoms with Gasteiger partial charge in [-0.25, -0.2) is 0 Å². The minimum Gasteiger partial charge on any atom is -0.317 e. The van der Waals surface area contributed by atoms with Gasteiger partial charge >= 0.3 is 0 Å². The van der Waals surface area contributed by atoms with Crippen molar-refractivity contribution >= 4 is 11.3 Å². The lowest BCUT2D eigenvalue weighted by molar-refractivity contribution is 0.188. The van der Waals surface area contributed by atoms with Crippen LogP contribution in [0.15, 0.2) is 23.0 Å². The zero-order valence-electron chi connectivity index (χ0n) is 14.8. The van der Waals surface area contributed by atoms with Gasteiger partial charge in [0, 0.05) is 37.9 Å². The molecule has 1 spiro atoms. The smallest absolute Gasteiger partial charge is 0.0666 e. The molecule has 1 aliphatic carbocycles. The summed E-state index contributed by atoms with van der Waals surface area (Å²) in [5, 5.41) is 12.7. The zero-order chi connectivity index (χ0) is 16.6. The summed E-state index contributed by atoms with van der Waals surface area (Å²) < 4.78 is 1.98. The summed E-state index contributed by atoms with van der Waals surface area (Å²) in [6.45, 7) is 6.69. The number of piperidine rings is 1. The van der Waals surface area contributed by atoms with Crippen LogP contribution in [0.2, 0.25) is 0 Å². The number of hydrogen-bond donors (Lipinski definition) is 1. The van der Waals surface area contributed by atoms with Gasteiger partial charge < -0.3 is 5.32 Å². The van der Waals surface area contributed by atoms with Crippen LogP contribution in [0.1, 0.15) is 43.0 Å². The Hall–Kier alpha value is -1.17. The third-order valence-electron chi connectivity index (χ3n) is 5.85. The van der Waals surface area contributed by atoms with E-state index in [0.29, 0.717) is 5.41 Å². The second kappa shape index (κ2) is 6.62. The number of aromatic nitrogens is 2.